The third-order valence-corrected chi connectivity index (χ3v) is 3.05. The van der Waals surface area contributed by atoms with E-state index in [0.29, 0.717) is 15.7 Å². The number of aldehydes is 1. The van der Waals surface area contributed by atoms with Crippen LogP contribution in [0.2, 0.25) is 0 Å². The summed E-state index contributed by atoms with van der Waals surface area (Å²) in [6.07, 6.45) is 0.810. The number of thiophene rings is 1. The first-order valence-corrected chi connectivity index (χ1v) is 5.57. The molecule has 0 atom stereocenters. The molecule has 0 amide bonds. The van der Waals surface area contributed by atoms with Crippen LogP contribution in [0.3, 0.4) is 0 Å². The van der Waals surface area contributed by atoms with Crippen LogP contribution >= 0.6 is 24.0 Å². The summed E-state index contributed by atoms with van der Waals surface area (Å²) in [5.74, 6) is 0.695. The molecule has 0 N–H and O–H groups in total. The minimum atomic E-state index is 0.654. The molecule has 76 valence electrons. The SMILES string of the molecule is O=Cc1ccc(Oc2ccccc2S)s1. The van der Waals surface area contributed by atoms with Gasteiger partial charge in [-0.15, -0.1) is 12.6 Å². The molecular formula is C11H8O2S2. The highest BCUT2D eigenvalue weighted by molar-refractivity contribution is 7.80. The van der Waals surface area contributed by atoms with E-state index in [1.807, 2.05) is 24.3 Å². The van der Waals surface area contributed by atoms with Gasteiger partial charge >= 0.3 is 0 Å². The molecule has 0 aliphatic rings. The average molecular weight is 236 g/mol. The summed E-state index contributed by atoms with van der Waals surface area (Å²) in [5.41, 5.74) is 0. The zero-order chi connectivity index (χ0) is 10.7. The van der Waals surface area contributed by atoms with Crippen molar-refractivity contribution in [1.29, 1.82) is 0 Å². The number of hydrogen-bond donors (Lipinski definition) is 1. The number of benzene rings is 1. The highest BCUT2D eigenvalue weighted by Crippen LogP contribution is 2.31. The summed E-state index contributed by atoms with van der Waals surface area (Å²) in [6, 6.07) is 11.0. The van der Waals surface area contributed by atoms with Gasteiger partial charge in [0, 0.05) is 4.90 Å². The fourth-order valence-electron chi connectivity index (χ4n) is 1.10. The maximum Gasteiger partial charge on any atom is 0.181 e. The maximum absolute atomic E-state index is 10.5. The maximum atomic E-state index is 10.5. The molecule has 0 radical (unpaired) electrons. The van der Waals surface area contributed by atoms with Crippen LogP contribution in [0.4, 0.5) is 0 Å². The zero-order valence-electron chi connectivity index (χ0n) is 7.71. The second-order valence-electron chi connectivity index (χ2n) is 2.84. The Morgan fingerprint density at radius 3 is 2.67 bits per heavy atom. The fraction of sp³-hybridized carbons (Fsp3) is 0. The summed E-state index contributed by atoms with van der Waals surface area (Å²) in [6.45, 7) is 0. The number of carbonyl (C=O) groups excluding carboxylic acids is 1. The van der Waals surface area contributed by atoms with E-state index in [1.165, 1.54) is 11.3 Å². The number of rotatable bonds is 3. The first kappa shape index (κ1) is 10.3. The molecule has 1 aromatic heterocycles. The molecule has 1 heterocycles. The number of hydrogen-bond acceptors (Lipinski definition) is 4. The van der Waals surface area contributed by atoms with Crippen LogP contribution in [-0.4, -0.2) is 6.29 Å². The van der Waals surface area contributed by atoms with Gasteiger partial charge in [-0.1, -0.05) is 23.5 Å². The lowest BCUT2D eigenvalue weighted by Crippen LogP contribution is -1.81. The summed E-state index contributed by atoms with van der Waals surface area (Å²) >= 11 is 5.58. The van der Waals surface area contributed by atoms with Gasteiger partial charge in [-0.2, -0.15) is 0 Å². The lowest BCUT2D eigenvalue weighted by atomic mass is 10.3. The first-order valence-electron chi connectivity index (χ1n) is 4.30. The van der Waals surface area contributed by atoms with Crippen LogP contribution in [0.15, 0.2) is 41.3 Å². The molecule has 4 heteroatoms. The van der Waals surface area contributed by atoms with Gasteiger partial charge in [-0.3, -0.25) is 4.79 Å². The second kappa shape index (κ2) is 4.51. The lowest BCUT2D eigenvalue weighted by molar-refractivity contribution is 0.112. The van der Waals surface area contributed by atoms with Gasteiger partial charge in [-0.25, -0.2) is 0 Å². The quantitative estimate of drug-likeness (QED) is 0.650. The Morgan fingerprint density at radius 1 is 1.20 bits per heavy atom. The van der Waals surface area contributed by atoms with E-state index < -0.39 is 0 Å². The molecule has 0 aliphatic carbocycles. The average Bonchev–Trinajstić information content (AvgIpc) is 2.69. The van der Waals surface area contributed by atoms with E-state index in [2.05, 4.69) is 12.6 Å². The summed E-state index contributed by atoms with van der Waals surface area (Å²) in [5, 5.41) is 0.693. The number of para-hydroxylation sites is 1. The van der Waals surface area contributed by atoms with E-state index in [-0.39, 0.29) is 0 Å². The van der Waals surface area contributed by atoms with Crippen molar-refractivity contribution in [1.82, 2.24) is 0 Å². The molecule has 2 nitrogen and oxygen atoms in total. The topological polar surface area (TPSA) is 26.3 Å². The molecule has 2 rings (SSSR count). The Hall–Kier alpha value is -1.26. The Balaban J connectivity index is 2.22. The van der Waals surface area contributed by atoms with Crippen LogP contribution in [0, 0.1) is 0 Å². The van der Waals surface area contributed by atoms with Crippen LogP contribution in [-0.2, 0) is 0 Å². The second-order valence-corrected chi connectivity index (χ2v) is 4.40. The predicted octanol–water partition coefficient (Wildman–Crippen LogP) is 3.64. The lowest BCUT2D eigenvalue weighted by Gasteiger charge is -2.04. The molecule has 0 bridgehead atoms. The van der Waals surface area contributed by atoms with Crippen molar-refractivity contribution < 1.29 is 9.53 Å². The molecule has 0 aliphatic heterocycles. The standard InChI is InChI=1S/C11H8O2S2/c12-7-8-5-6-11(15-8)13-9-3-1-2-4-10(9)14/h1-7,14H. The van der Waals surface area contributed by atoms with Crippen LogP contribution in [0.5, 0.6) is 10.8 Å². The smallest absolute Gasteiger partial charge is 0.181 e. The molecular weight excluding hydrogens is 228 g/mol. The van der Waals surface area contributed by atoms with Gasteiger partial charge < -0.3 is 4.74 Å². The van der Waals surface area contributed by atoms with E-state index >= 15 is 0 Å². The van der Waals surface area contributed by atoms with Gasteiger partial charge in [0.05, 0.1) is 4.88 Å². The Labute approximate surface area is 96.9 Å². The summed E-state index contributed by atoms with van der Waals surface area (Å²) in [7, 11) is 0. The fourth-order valence-corrected chi connectivity index (χ4v) is 1.99. The molecule has 1 aromatic carbocycles. The van der Waals surface area contributed by atoms with Crippen molar-refractivity contribution in [2.75, 3.05) is 0 Å². The Bertz CT molecular complexity index is 477. The van der Waals surface area contributed by atoms with Crippen LogP contribution in [0.25, 0.3) is 0 Å². The third kappa shape index (κ3) is 2.40. The van der Waals surface area contributed by atoms with E-state index in [1.54, 1.807) is 12.1 Å². The van der Waals surface area contributed by atoms with Gasteiger partial charge in [-0.05, 0) is 24.3 Å². The predicted molar refractivity (Wildman–Crippen MR) is 63.5 cm³/mol. The largest absolute Gasteiger partial charge is 0.446 e. The van der Waals surface area contributed by atoms with Gasteiger partial charge in [0.1, 0.15) is 5.75 Å². The van der Waals surface area contributed by atoms with Crippen molar-refractivity contribution >= 4 is 30.3 Å². The molecule has 0 unspecified atom stereocenters. The molecule has 0 fully saturated rings. The molecule has 0 spiro atoms. The molecule has 0 saturated heterocycles. The van der Waals surface area contributed by atoms with E-state index in [4.69, 9.17) is 4.74 Å². The molecule has 0 saturated carbocycles. The third-order valence-electron chi connectivity index (χ3n) is 1.79. The summed E-state index contributed by atoms with van der Waals surface area (Å²) < 4.78 is 5.57. The molecule has 2 aromatic rings. The van der Waals surface area contributed by atoms with Crippen LogP contribution in [0.1, 0.15) is 9.67 Å². The summed E-state index contributed by atoms with van der Waals surface area (Å²) in [4.78, 5) is 11.9. The van der Waals surface area contributed by atoms with E-state index in [0.717, 1.165) is 11.2 Å². The number of thiol groups is 1. The highest BCUT2D eigenvalue weighted by atomic mass is 32.1. The van der Waals surface area contributed by atoms with Crippen molar-refractivity contribution in [2.24, 2.45) is 0 Å². The van der Waals surface area contributed by atoms with Crippen molar-refractivity contribution in [3.63, 3.8) is 0 Å². The highest BCUT2D eigenvalue weighted by Gasteiger charge is 2.03. The minimum Gasteiger partial charge on any atom is -0.446 e. The van der Waals surface area contributed by atoms with E-state index in [9.17, 15) is 4.79 Å². The Kier molecular flexibility index (Phi) is 3.08. The van der Waals surface area contributed by atoms with Crippen LogP contribution < -0.4 is 4.74 Å². The first-order chi connectivity index (χ1) is 7.29. The number of ether oxygens (including phenoxy) is 1. The van der Waals surface area contributed by atoms with Gasteiger partial charge in [0.15, 0.2) is 11.3 Å². The monoisotopic (exact) mass is 236 g/mol. The van der Waals surface area contributed by atoms with Crippen molar-refractivity contribution in [2.45, 2.75) is 4.90 Å². The van der Waals surface area contributed by atoms with Crippen molar-refractivity contribution in [3.8, 4) is 10.8 Å². The number of carbonyl (C=O) groups is 1. The zero-order valence-corrected chi connectivity index (χ0v) is 9.42. The van der Waals surface area contributed by atoms with Gasteiger partial charge in [0.2, 0.25) is 0 Å². The minimum absolute atomic E-state index is 0.654. The van der Waals surface area contributed by atoms with Crippen molar-refractivity contribution in [3.05, 3.63) is 41.3 Å². The normalized spacial score (nSPS) is 9.93. The Morgan fingerprint density at radius 2 is 2.00 bits per heavy atom. The molecule has 15 heavy (non-hydrogen) atoms. The van der Waals surface area contributed by atoms with Gasteiger partial charge in [0.25, 0.3) is 0 Å².